The molecule has 0 radical (unpaired) electrons. The first-order chi connectivity index (χ1) is 8.41. The minimum Gasteiger partial charge on any atom is -0.317 e. The van der Waals surface area contributed by atoms with Gasteiger partial charge in [0.1, 0.15) is 0 Å². The number of nitrogens with one attached hydrogen (secondary N) is 1. The molecule has 0 saturated heterocycles. The third-order valence-electron chi connectivity index (χ3n) is 2.97. The van der Waals surface area contributed by atoms with Crippen LogP contribution in [0.5, 0.6) is 0 Å². The third kappa shape index (κ3) is 16.9. The Kier molecular flexibility index (Phi) is 17.8. The molecular formula is C14H29Br2N. The molecule has 0 saturated carbocycles. The molecule has 17 heavy (non-hydrogen) atoms. The van der Waals surface area contributed by atoms with Crippen molar-refractivity contribution >= 4 is 31.9 Å². The maximum Gasteiger partial charge on any atom is 0.00313 e. The molecular weight excluding hydrogens is 342 g/mol. The lowest BCUT2D eigenvalue weighted by Crippen LogP contribution is -2.16. The minimum absolute atomic E-state index is 1.17. The Hall–Kier alpha value is 0.920. The summed E-state index contributed by atoms with van der Waals surface area (Å²) in [6.07, 6.45) is 13.7. The average molecular weight is 371 g/mol. The van der Waals surface area contributed by atoms with Crippen LogP contribution in [0.4, 0.5) is 0 Å². The molecule has 0 aromatic carbocycles. The van der Waals surface area contributed by atoms with Crippen LogP contribution in [0, 0.1) is 0 Å². The van der Waals surface area contributed by atoms with Gasteiger partial charge in [-0.1, -0.05) is 70.4 Å². The van der Waals surface area contributed by atoms with Crippen molar-refractivity contribution in [2.75, 3.05) is 23.7 Å². The smallest absolute Gasteiger partial charge is 0.00313 e. The summed E-state index contributed by atoms with van der Waals surface area (Å²) in [6.45, 7) is 2.44. The molecule has 1 N–H and O–H groups in total. The first kappa shape index (κ1) is 17.9. The predicted molar refractivity (Wildman–Crippen MR) is 86.6 cm³/mol. The number of alkyl halides is 2. The molecule has 0 rings (SSSR count). The van der Waals surface area contributed by atoms with Crippen molar-refractivity contribution in [3.05, 3.63) is 0 Å². The molecule has 104 valence electrons. The van der Waals surface area contributed by atoms with Crippen molar-refractivity contribution in [3.8, 4) is 0 Å². The van der Waals surface area contributed by atoms with Crippen LogP contribution >= 0.6 is 31.9 Å². The van der Waals surface area contributed by atoms with E-state index >= 15 is 0 Å². The summed E-state index contributed by atoms with van der Waals surface area (Å²) >= 11 is 6.94. The Bertz CT molecular complexity index is 117. The van der Waals surface area contributed by atoms with Crippen LogP contribution in [0.1, 0.15) is 64.2 Å². The van der Waals surface area contributed by atoms with E-state index < -0.39 is 0 Å². The number of hydrogen-bond donors (Lipinski definition) is 1. The van der Waals surface area contributed by atoms with Crippen molar-refractivity contribution in [3.63, 3.8) is 0 Å². The van der Waals surface area contributed by atoms with E-state index in [1.165, 1.54) is 88.0 Å². The van der Waals surface area contributed by atoms with E-state index in [9.17, 15) is 0 Å². The highest BCUT2D eigenvalue weighted by atomic mass is 79.9. The SMILES string of the molecule is BrCCCCCCCNCCCCCCCBr. The molecule has 0 aliphatic rings. The van der Waals surface area contributed by atoms with Gasteiger partial charge in [0.2, 0.25) is 0 Å². The fourth-order valence-electron chi connectivity index (χ4n) is 1.87. The first-order valence-corrected chi connectivity index (χ1v) is 9.48. The highest BCUT2D eigenvalue weighted by Gasteiger charge is 1.92. The Labute approximate surface area is 125 Å². The van der Waals surface area contributed by atoms with Gasteiger partial charge in [-0.25, -0.2) is 0 Å². The van der Waals surface area contributed by atoms with E-state index in [-0.39, 0.29) is 0 Å². The molecule has 3 heteroatoms. The van der Waals surface area contributed by atoms with Gasteiger partial charge in [-0.3, -0.25) is 0 Å². The largest absolute Gasteiger partial charge is 0.317 e. The molecule has 0 aromatic heterocycles. The molecule has 0 atom stereocenters. The average Bonchev–Trinajstić information content (AvgIpc) is 2.35. The van der Waals surface area contributed by atoms with Gasteiger partial charge < -0.3 is 5.32 Å². The van der Waals surface area contributed by atoms with Crippen LogP contribution in [0.3, 0.4) is 0 Å². The van der Waals surface area contributed by atoms with Gasteiger partial charge in [0.15, 0.2) is 0 Å². The zero-order chi connectivity index (χ0) is 12.6. The van der Waals surface area contributed by atoms with E-state index in [1.54, 1.807) is 0 Å². The zero-order valence-electron chi connectivity index (χ0n) is 11.2. The van der Waals surface area contributed by atoms with Crippen LogP contribution < -0.4 is 5.32 Å². The van der Waals surface area contributed by atoms with Crippen LogP contribution in [0.15, 0.2) is 0 Å². The Morgan fingerprint density at radius 2 is 0.824 bits per heavy atom. The van der Waals surface area contributed by atoms with E-state index in [4.69, 9.17) is 0 Å². The lowest BCUT2D eigenvalue weighted by molar-refractivity contribution is 0.553. The maximum atomic E-state index is 3.55. The topological polar surface area (TPSA) is 12.0 Å². The van der Waals surface area contributed by atoms with Gasteiger partial charge in [0, 0.05) is 10.7 Å². The maximum absolute atomic E-state index is 3.55. The molecule has 0 spiro atoms. The van der Waals surface area contributed by atoms with E-state index in [0.29, 0.717) is 0 Å². The number of halogens is 2. The second-order valence-corrected chi connectivity index (χ2v) is 6.25. The summed E-state index contributed by atoms with van der Waals surface area (Å²) in [5.74, 6) is 0. The summed E-state index contributed by atoms with van der Waals surface area (Å²) in [4.78, 5) is 0. The minimum atomic E-state index is 1.17. The van der Waals surface area contributed by atoms with Gasteiger partial charge in [0.05, 0.1) is 0 Å². The molecule has 0 bridgehead atoms. The highest BCUT2D eigenvalue weighted by molar-refractivity contribution is 9.09. The summed E-state index contributed by atoms with van der Waals surface area (Å²) in [5.41, 5.74) is 0. The summed E-state index contributed by atoms with van der Waals surface area (Å²) < 4.78 is 0. The quantitative estimate of drug-likeness (QED) is 0.324. The zero-order valence-corrected chi connectivity index (χ0v) is 14.3. The van der Waals surface area contributed by atoms with Gasteiger partial charge in [0.25, 0.3) is 0 Å². The standard InChI is InChI=1S/C14H29Br2N/c15-11-7-3-1-5-9-13-17-14-10-6-2-4-8-12-16/h17H,1-14H2. The number of rotatable bonds is 14. The van der Waals surface area contributed by atoms with Crippen molar-refractivity contribution in [1.29, 1.82) is 0 Å². The predicted octanol–water partition coefficient (Wildman–Crippen LogP) is 5.27. The first-order valence-electron chi connectivity index (χ1n) is 7.24. The van der Waals surface area contributed by atoms with E-state index in [0.717, 1.165) is 0 Å². The molecule has 1 nitrogen and oxygen atoms in total. The summed E-state index contributed by atoms with van der Waals surface area (Å²) in [5, 5.41) is 5.88. The fourth-order valence-corrected chi connectivity index (χ4v) is 2.67. The van der Waals surface area contributed by atoms with Gasteiger partial charge >= 0.3 is 0 Å². The number of unbranched alkanes of at least 4 members (excludes halogenated alkanes) is 8. The van der Waals surface area contributed by atoms with Gasteiger partial charge in [-0.05, 0) is 38.8 Å². The second kappa shape index (κ2) is 16.9. The highest BCUT2D eigenvalue weighted by Crippen LogP contribution is 2.05. The number of hydrogen-bond acceptors (Lipinski definition) is 1. The fraction of sp³-hybridized carbons (Fsp3) is 1.00. The molecule has 0 fully saturated rings. The Balaban J connectivity index is 2.85. The van der Waals surface area contributed by atoms with E-state index in [2.05, 4.69) is 37.2 Å². The lowest BCUT2D eigenvalue weighted by Gasteiger charge is -2.04. The molecule has 0 aliphatic heterocycles. The molecule has 0 heterocycles. The van der Waals surface area contributed by atoms with Crippen LogP contribution in [0.25, 0.3) is 0 Å². The Morgan fingerprint density at radius 1 is 0.471 bits per heavy atom. The molecule has 0 aromatic rings. The van der Waals surface area contributed by atoms with Crippen LogP contribution in [-0.2, 0) is 0 Å². The normalized spacial score (nSPS) is 10.9. The third-order valence-corrected chi connectivity index (χ3v) is 4.10. The molecule has 0 amide bonds. The van der Waals surface area contributed by atoms with Crippen LogP contribution in [0.2, 0.25) is 0 Å². The van der Waals surface area contributed by atoms with Crippen molar-refractivity contribution in [2.24, 2.45) is 0 Å². The monoisotopic (exact) mass is 369 g/mol. The lowest BCUT2D eigenvalue weighted by atomic mass is 10.1. The molecule has 0 aliphatic carbocycles. The van der Waals surface area contributed by atoms with Gasteiger partial charge in [-0.15, -0.1) is 0 Å². The summed E-state index contributed by atoms with van der Waals surface area (Å²) in [6, 6.07) is 0. The second-order valence-electron chi connectivity index (χ2n) is 4.66. The Morgan fingerprint density at radius 3 is 1.24 bits per heavy atom. The van der Waals surface area contributed by atoms with Crippen molar-refractivity contribution in [1.82, 2.24) is 5.32 Å². The van der Waals surface area contributed by atoms with Crippen LogP contribution in [-0.4, -0.2) is 23.7 Å². The van der Waals surface area contributed by atoms with Crippen molar-refractivity contribution in [2.45, 2.75) is 64.2 Å². The molecule has 0 unspecified atom stereocenters. The van der Waals surface area contributed by atoms with Crippen molar-refractivity contribution < 1.29 is 0 Å². The summed E-state index contributed by atoms with van der Waals surface area (Å²) in [7, 11) is 0. The van der Waals surface area contributed by atoms with E-state index in [1.807, 2.05) is 0 Å². The van der Waals surface area contributed by atoms with Gasteiger partial charge in [-0.2, -0.15) is 0 Å².